The zero-order chi connectivity index (χ0) is 16.9. The summed E-state index contributed by atoms with van der Waals surface area (Å²) >= 11 is 0. The predicted octanol–water partition coefficient (Wildman–Crippen LogP) is 2.44. The number of likely N-dealkylation sites (tertiary alicyclic amines) is 1. The van der Waals surface area contributed by atoms with E-state index in [0.717, 1.165) is 51.4 Å². The first-order valence-corrected chi connectivity index (χ1v) is 9.94. The van der Waals surface area contributed by atoms with Crippen LogP contribution < -0.4 is 5.32 Å². The Labute approximate surface area is 158 Å². The van der Waals surface area contributed by atoms with Crippen molar-refractivity contribution in [2.75, 3.05) is 32.7 Å². The van der Waals surface area contributed by atoms with E-state index in [4.69, 9.17) is 0 Å². The summed E-state index contributed by atoms with van der Waals surface area (Å²) < 4.78 is 0. The molecule has 2 atom stereocenters. The van der Waals surface area contributed by atoms with Gasteiger partial charge in [-0.05, 0) is 25.2 Å². The smallest absolute Gasteiger partial charge is 0.236 e. The summed E-state index contributed by atoms with van der Waals surface area (Å²) in [7, 11) is 0. The average molecular weight is 372 g/mol. The van der Waals surface area contributed by atoms with Crippen molar-refractivity contribution in [3.63, 3.8) is 0 Å². The summed E-state index contributed by atoms with van der Waals surface area (Å²) in [6.07, 6.45) is 9.74. The fourth-order valence-corrected chi connectivity index (χ4v) is 4.75. The van der Waals surface area contributed by atoms with Gasteiger partial charge in [-0.2, -0.15) is 0 Å². The Hall–Kier alpha value is -0.810. The van der Waals surface area contributed by atoms with Crippen molar-refractivity contribution in [2.45, 2.75) is 64.3 Å². The van der Waals surface area contributed by atoms with Crippen LogP contribution in [0.25, 0.3) is 0 Å². The van der Waals surface area contributed by atoms with Crippen molar-refractivity contribution in [1.29, 1.82) is 0 Å². The lowest BCUT2D eigenvalue weighted by Crippen LogP contribution is -2.58. The quantitative estimate of drug-likeness (QED) is 0.825. The van der Waals surface area contributed by atoms with E-state index in [9.17, 15) is 9.59 Å². The number of piperazine rings is 1. The first-order chi connectivity index (χ1) is 11.6. The summed E-state index contributed by atoms with van der Waals surface area (Å²) in [4.78, 5) is 29.1. The van der Waals surface area contributed by atoms with Crippen molar-refractivity contribution >= 4 is 24.2 Å². The van der Waals surface area contributed by atoms with E-state index < -0.39 is 0 Å². The van der Waals surface area contributed by atoms with Crippen molar-refractivity contribution in [3.8, 4) is 0 Å². The van der Waals surface area contributed by atoms with Gasteiger partial charge in [0.1, 0.15) is 0 Å². The zero-order valence-electron chi connectivity index (χ0n) is 15.5. The fraction of sp³-hybridized carbons (Fsp3) is 0.895. The Balaban J connectivity index is 0.00000225. The largest absolute Gasteiger partial charge is 0.340 e. The third-order valence-corrected chi connectivity index (χ3v) is 6.11. The average Bonchev–Trinajstić information content (AvgIpc) is 2.62. The van der Waals surface area contributed by atoms with E-state index in [1.165, 1.54) is 32.1 Å². The molecule has 3 aliphatic rings. The molecule has 0 aromatic rings. The topological polar surface area (TPSA) is 52.7 Å². The van der Waals surface area contributed by atoms with Gasteiger partial charge in [0.05, 0.1) is 6.54 Å². The standard InChI is InChI=1S/C19H33N3O2.ClH/c1-15(12-16-6-3-2-4-7-16)19(24)21-10-5-8-17(14-21)22-11-9-20-13-18(22)23;/h15-17,20H,2-14H2,1H3;1H. The van der Waals surface area contributed by atoms with E-state index in [2.05, 4.69) is 12.2 Å². The predicted molar refractivity (Wildman–Crippen MR) is 102 cm³/mol. The third-order valence-electron chi connectivity index (χ3n) is 6.11. The highest BCUT2D eigenvalue weighted by Gasteiger charge is 2.33. The van der Waals surface area contributed by atoms with Crippen molar-refractivity contribution < 1.29 is 9.59 Å². The number of amides is 2. The van der Waals surface area contributed by atoms with Crippen molar-refractivity contribution in [2.24, 2.45) is 11.8 Å². The van der Waals surface area contributed by atoms with Gasteiger partial charge in [-0.25, -0.2) is 0 Å². The van der Waals surface area contributed by atoms with Gasteiger partial charge < -0.3 is 15.1 Å². The molecule has 2 amide bonds. The van der Waals surface area contributed by atoms with E-state index in [1.807, 2.05) is 9.80 Å². The number of carbonyl (C=O) groups is 2. The lowest BCUT2D eigenvalue weighted by atomic mass is 9.83. The highest BCUT2D eigenvalue weighted by molar-refractivity contribution is 5.85. The molecule has 2 unspecified atom stereocenters. The zero-order valence-corrected chi connectivity index (χ0v) is 16.4. The molecule has 5 nitrogen and oxygen atoms in total. The number of nitrogens with one attached hydrogen (secondary N) is 1. The van der Waals surface area contributed by atoms with Crippen LogP contribution in [0, 0.1) is 11.8 Å². The van der Waals surface area contributed by atoms with Gasteiger partial charge in [0.15, 0.2) is 0 Å². The summed E-state index contributed by atoms with van der Waals surface area (Å²) in [5.74, 6) is 1.38. The van der Waals surface area contributed by atoms with Gasteiger partial charge in [0.25, 0.3) is 0 Å². The van der Waals surface area contributed by atoms with Crippen LogP contribution in [0.5, 0.6) is 0 Å². The Morgan fingerprint density at radius 2 is 1.92 bits per heavy atom. The molecule has 6 heteroatoms. The van der Waals surface area contributed by atoms with Crippen molar-refractivity contribution in [1.82, 2.24) is 15.1 Å². The second-order valence-corrected chi connectivity index (χ2v) is 7.99. The number of rotatable bonds is 4. The van der Waals surface area contributed by atoms with Crippen LogP contribution in [-0.4, -0.2) is 60.4 Å². The third kappa shape index (κ3) is 5.33. The van der Waals surface area contributed by atoms with Gasteiger partial charge in [0.2, 0.25) is 11.8 Å². The molecular weight excluding hydrogens is 338 g/mol. The summed E-state index contributed by atoms with van der Waals surface area (Å²) in [6.45, 7) is 5.81. The van der Waals surface area contributed by atoms with Crippen LogP contribution in [0.2, 0.25) is 0 Å². The molecule has 2 heterocycles. The first-order valence-electron chi connectivity index (χ1n) is 9.94. The summed E-state index contributed by atoms with van der Waals surface area (Å²) in [5.41, 5.74) is 0. The molecule has 0 aromatic carbocycles. The molecule has 0 bridgehead atoms. The Morgan fingerprint density at radius 1 is 1.16 bits per heavy atom. The molecule has 1 N–H and O–H groups in total. The molecule has 2 aliphatic heterocycles. The fourth-order valence-electron chi connectivity index (χ4n) is 4.75. The van der Waals surface area contributed by atoms with Crippen LogP contribution in [0.4, 0.5) is 0 Å². The number of piperidine rings is 1. The van der Waals surface area contributed by atoms with Gasteiger partial charge in [0, 0.05) is 38.1 Å². The lowest BCUT2D eigenvalue weighted by Gasteiger charge is -2.42. The van der Waals surface area contributed by atoms with Crippen LogP contribution >= 0.6 is 12.4 Å². The normalized spacial score (nSPS) is 26.9. The minimum absolute atomic E-state index is 0. The van der Waals surface area contributed by atoms with Gasteiger partial charge in [-0.15, -0.1) is 12.4 Å². The monoisotopic (exact) mass is 371 g/mol. The first kappa shape index (κ1) is 20.5. The second kappa shape index (κ2) is 9.77. The number of hydrogen-bond acceptors (Lipinski definition) is 3. The highest BCUT2D eigenvalue weighted by atomic mass is 35.5. The number of nitrogens with zero attached hydrogens (tertiary/aromatic N) is 2. The Morgan fingerprint density at radius 3 is 2.64 bits per heavy atom. The molecule has 1 saturated carbocycles. The Bertz CT molecular complexity index is 454. The molecule has 3 fully saturated rings. The van der Waals surface area contributed by atoms with Gasteiger partial charge in [-0.1, -0.05) is 39.0 Å². The molecule has 0 spiro atoms. The molecule has 2 saturated heterocycles. The van der Waals surface area contributed by atoms with E-state index in [0.29, 0.717) is 12.5 Å². The summed E-state index contributed by atoms with van der Waals surface area (Å²) in [6, 6.07) is 0.221. The molecule has 0 aromatic heterocycles. The number of hydrogen-bond donors (Lipinski definition) is 1. The van der Waals surface area contributed by atoms with Gasteiger partial charge >= 0.3 is 0 Å². The van der Waals surface area contributed by atoms with Gasteiger partial charge in [-0.3, -0.25) is 9.59 Å². The Kier molecular flexibility index (Phi) is 8.01. The number of carbonyl (C=O) groups excluding carboxylic acids is 2. The minimum Gasteiger partial charge on any atom is -0.340 e. The molecule has 0 radical (unpaired) electrons. The van der Waals surface area contributed by atoms with Crippen LogP contribution in [0.15, 0.2) is 0 Å². The lowest BCUT2D eigenvalue weighted by molar-refractivity contribution is -0.142. The molecular formula is C19H34ClN3O2. The van der Waals surface area contributed by atoms with Crippen LogP contribution in [0.1, 0.15) is 58.3 Å². The molecule has 144 valence electrons. The maximum absolute atomic E-state index is 12.9. The van der Waals surface area contributed by atoms with Crippen molar-refractivity contribution in [3.05, 3.63) is 0 Å². The molecule has 25 heavy (non-hydrogen) atoms. The molecule has 1 aliphatic carbocycles. The van der Waals surface area contributed by atoms with Crippen LogP contribution in [0.3, 0.4) is 0 Å². The van der Waals surface area contributed by atoms with E-state index in [1.54, 1.807) is 0 Å². The molecule has 3 rings (SSSR count). The van der Waals surface area contributed by atoms with Crippen LogP contribution in [-0.2, 0) is 9.59 Å². The maximum Gasteiger partial charge on any atom is 0.236 e. The van der Waals surface area contributed by atoms with E-state index in [-0.39, 0.29) is 30.3 Å². The maximum atomic E-state index is 12.9. The van der Waals surface area contributed by atoms with E-state index >= 15 is 0 Å². The highest BCUT2D eigenvalue weighted by Crippen LogP contribution is 2.30. The minimum atomic E-state index is 0. The second-order valence-electron chi connectivity index (χ2n) is 7.99. The summed E-state index contributed by atoms with van der Waals surface area (Å²) in [5, 5.41) is 3.13. The SMILES string of the molecule is CC(CC1CCCCC1)C(=O)N1CCCC(N2CCNCC2=O)C1.Cl. The number of halogens is 1.